The molecule has 0 spiro atoms. The van der Waals surface area contributed by atoms with Crippen LogP contribution in [0, 0.1) is 23.7 Å². The fourth-order valence-corrected chi connectivity index (χ4v) is 6.32. The molecule has 0 aromatic rings. The highest BCUT2D eigenvalue weighted by atomic mass is 16.6. The van der Waals surface area contributed by atoms with Crippen molar-refractivity contribution in [1.29, 1.82) is 0 Å². The molecule has 1 heterocycles. The van der Waals surface area contributed by atoms with Gasteiger partial charge in [0.1, 0.15) is 11.7 Å². The number of hydrogen-bond acceptors (Lipinski definition) is 4. The molecular formula is C24H38O4. The van der Waals surface area contributed by atoms with E-state index < -0.39 is 5.60 Å². The van der Waals surface area contributed by atoms with Gasteiger partial charge in [0.05, 0.1) is 5.92 Å². The molecule has 0 radical (unpaired) electrons. The average molecular weight is 391 g/mol. The Labute approximate surface area is 170 Å². The molecule has 1 aliphatic heterocycles. The molecule has 3 rings (SSSR count). The molecule has 3 fully saturated rings. The molecule has 0 aromatic heterocycles. The molecule has 5 atom stereocenters. The SMILES string of the molecule is C=CC(=O)OC(CCCCCC)(CCCCCC)C1C2CC3OC(=O)C1C3C2. The van der Waals surface area contributed by atoms with E-state index in [1.54, 1.807) is 0 Å². The third kappa shape index (κ3) is 4.16. The molecule has 0 aromatic carbocycles. The van der Waals surface area contributed by atoms with Crippen molar-refractivity contribution in [3.05, 3.63) is 12.7 Å². The fourth-order valence-electron chi connectivity index (χ4n) is 6.32. The summed E-state index contributed by atoms with van der Waals surface area (Å²) in [6.45, 7) is 8.05. The van der Waals surface area contributed by atoms with Crippen molar-refractivity contribution < 1.29 is 19.1 Å². The smallest absolute Gasteiger partial charge is 0.330 e. The van der Waals surface area contributed by atoms with Gasteiger partial charge >= 0.3 is 11.9 Å². The summed E-state index contributed by atoms with van der Waals surface area (Å²) in [6, 6.07) is 0. The first-order valence-electron chi connectivity index (χ1n) is 11.6. The molecule has 3 aliphatic rings. The van der Waals surface area contributed by atoms with E-state index in [1.165, 1.54) is 31.8 Å². The normalized spacial score (nSPS) is 30.5. The Bertz CT molecular complexity index is 555. The van der Waals surface area contributed by atoms with Crippen molar-refractivity contribution >= 4 is 11.9 Å². The Kier molecular flexibility index (Phi) is 7.22. The zero-order valence-electron chi connectivity index (χ0n) is 17.8. The predicted octanol–water partition coefficient (Wildman–Crippen LogP) is 5.59. The molecule has 2 saturated carbocycles. The average Bonchev–Trinajstić information content (AvgIpc) is 3.31. The summed E-state index contributed by atoms with van der Waals surface area (Å²) >= 11 is 0. The maximum atomic E-state index is 12.7. The van der Waals surface area contributed by atoms with Gasteiger partial charge in [-0.05, 0) is 44.4 Å². The minimum atomic E-state index is -0.537. The van der Waals surface area contributed by atoms with Crippen molar-refractivity contribution in [2.45, 2.75) is 103 Å². The molecule has 28 heavy (non-hydrogen) atoms. The van der Waals surface area contributed by atoms with E-state index in [-0.39, 0.29) is 29.9 Å². The maximum absolute atomic E-state index is 12.7. The van der Waals surface area contributed by atoms with Crippen LogP contribution in [-0.4, -0.2) is 23.6 Å². The van der Waals surface area contributed by atoms with Gasteiger partial charge in [-0.1, -0.05) is 59.0 Å². The Hall–Kier alpha value is -1.32. The number of esters is 2. The van der Waals surface area contributed by atoms with Crippen LogP contribution in [0.3, 0.4) is 0 Å². The number of carbonyl (C=O) groups is 2. The largest absolute Gasteiger partial charge is 0.462 e. The lowest BCUT2D eigenvalue weighted by Crippen LogP contribution is -2.49. The van der Waals surface area contributed by atoms with Gasteiger partial charge in [0.25, 0.3) is 0 Å². The highest BCUT2D eigenvalue weighted by molar-refractivity contribution is 5.82. The minimum absolute atomic E-state index is 0.0406. The quantitative estimate of drug-likeness (QED) is 0.234. The summed E-state index contributed by atoms with van der Waals surface area (Å²) in [5.74, 6) is 0.462. The zero-order chi connectivity index (χ0) is 20.1. The van der Waals surface area contributed by atoms with E-state index in [2.05, 4.69) is 20.4 Å². The molecule has 2 aliphatic carbocycles. The van der Waals surface area contributed by atoms with Crippen molar-refractivity contribution in [1.82, 2.24) is 0 Å². The van der Waals surface area contributed by atoms with Crippen LogP contribution >= 0.6 is 0 Å². The highest BCUT2D eigenvalue weighted by Crippen LogP contribution is 2.62. The lowest BCUT2D eigenvalue weighted by atomic mass is 9.66. The zero-order valence-corrected chi connectivity index (χ0v) is 17.8. The van der Waals surface area contributed by atoms with Gasteiger partial charge in [0.2, 0.25) is 0 Å². The van der Waals surface area contributed by atoms with Gasteiger partial charge in [-0.3, -0.25) is 4.79 Å². The van der Waals surface area contributed by atoms with Crippen LogP contribution in [0.25, 0.3) is 0 Å². The van der Waals surface area contributed by atoms with Crippen LogP contribution in [-0.2, 0) is 19.1 Å². The Balaban J connectivity index is 1.84. The molecule has 4 nitrogen and oxygen atoms in total. The van der Waals surface area contributed by atoms with E-state index in [4.69, 9.17) is 9.47 Å². The molecule has 0 N–H and O–H groups in total. The standard InChI is InChI=1S/C24H38O4/c1-4-7-9-11-13-24(28-20(25)6-3,14-12-10-8-5-2)22-17-15-18-19(16-17)27-23(26)21(18)22/h6,17-19,21-22H,3-5,7-16H2,1-2H3. The van der Waals surface area contributed by atoms with Crippen molar-refractivity contribution in [3.8, 4) is 0 Å². The van der Waals surface area contributed by atoms with E-state index >= 15 is 0 Å². The molecule has 5 unspecified atom stereocenters. The number of rotatable bonds is 13. The molecule has 1 saturated heterocycles. The molecule has 0 amide bonds. The highest BCUT2D eigenvalue weighted by Gasteiger charge is 2.67. The lowest BCUT2D eigenvalue weighted by Gasteiger charge is -2.44. The third-order valence-corrected chi connectivity index (χ3v) is 7.47. The van der Waals surface area contributed by atoms with Gasteiger partial charge in [0.15, 0.2) is 0 Å². The second-order valence-corrected chi connectivity index (χ2v) is 9.23. The number of unbranched alkanes of at least 4 members (excludes halogenated alkanes) is 6. The van der Waals surface area contributed by atoms with Crippen molar-refractivity contribution in [2.24, 2.45) is 23.7 Å². The Morgan fingerprint density at radius 1 is 1.11 bits per heavy atom. The second kappa shape index (κ2) is 9.45. The fraction of sp³-hybridized carbons (Fsp3) is 0.833. The number of hydrogen-bond donors (Lipinski definition) is 0. The molecular weight excluding hydrogens is 352 g/mol. The number of ether oxygens (including phenoxy) is 2. The first-order chi connectivity index (χ1) is 13.6. The second-order valence-electron chi connectivity index (χ2n) is 9.23. The van der Waals surface area contributed by atoms with E-state index in [9.17, 15) is 9.59 Å². The summed E-state index contributed by atoms with van der Waals surface area (Å²) in [7, 11) is 0. The molecule has 4 heteroatoms. The number of fused-ring (bicyclic) bond motifs is 1. The van der Waals surface area contributed by atoms with Crippen LogP contribution in [0.2, 0.25) is 0 Å². The van der Waals surface area contributed by atoms with Crippen LogP contribution in [0.1, 0.15) is 90.9 Å². The summed E-state index contributed by atoms with van der Waals surface area (Å²) in [5, 5.41) is 0. The van der Waals surface area contributed by atoms with E-state index in [1.807, 2.05) is 0 Å². The van der Waals surface area contributed by atoms with Crippen molar-refractivity contribution in [3.63, 3.8) is 0 Å². The van der Waals surface area contributed by atoms with Gasteiger partial charge in [-0.25, -0.2) is 4.79 Å². The minimum Gasteiger partial charge on any atom is -0.462 e. The first kappa shape index (κ1) is 21.4. The van der Waals surface area contributed by atoms with E-state index in [0.29, 0.717) is 11.8 Å². The maximum Gasteiger partial charge on any atom is 0.330 e. The summed E-state index contributed by atoms with van der Waals surface area (Å²) in [4.78, 5) is 25.1. The third-order valence-electron chi connectivity index (χ3n) is 7.47. The summed E-state index contributed by atoms with van der Waals surface area (Å²) in [5.41, 5.74) is -0.537. The van der Waals surface area contributed by atoms with Gasteiger partial charge in [-0.15, -0.1) is 0 Å². The van der Waals surface area contributed by atoms with Gasteiger partial charge in [-0.2, -0.15) is 0 Å². The van der Waals surface area contributed by atoms with Crippen LogP contribution in [0.15, 0.2) is 12.7 Å². The topological polar surface area (TPSA) is 52.6 Å². The monoisotopic (exact) mass is 390 g/mol. The van der Waals surface area contributed by atoms with E-state index in [0.717, 1.165) is 51.4 Å². The number of carbonyl (C=O) groups excluding carboxylic acids is 2. The lowest BCUT2D eigenvalue weighted by molar-refractivity contribution is -0.171. The Morgan fingerprint density at radius 3 is 2.32 bits per heavy atom. The summed E-state index contributed by atoms with van der Waals surface area (Å²) in [6.07, 6.45) is 14.3. The molecule has 158 valence electrons. The first-order valence-corrected chi connectivity index (χ1v) is 11.6. The predicted molar refractivity (Wildman–Crippen MR) is 110 cm³/mol. The van der Waals surface area contributed by atoms with Gasteiger partial charge in [0, 0.05) is 17.9 Å². The Morgan fingerprint density at radius 2 is 1.75 bits per heavy atom. The summed E-state index contributed by atoms with van der Waals surface area (Å²) < 4.78 is 11.9. The van der Waals surface area contributed by atoms with Gasteiger partial charge < -0.3 is 9.47 Å². The van der Waals surface area contributed by atoms with Crippen LogP contribution < -0.4 is 0 Å². The molecule has 2 bridgehead atoms. The van der Waals surface area contributed by atoms with Crippen molar-refractivity contribution in [2.75, 3.05) is 0 Å². The van der Waals surface area contributed by atoms with Crippen LogP contribution in [0.4, 0.5) is 0 Å². The van der Waals surface area contributed by atoms with Crippen LogP contribution in [0.5, 0.6) is 0 Å².